The van der Waals surface area contributed by atoms with Crippen LogP contribution in [0.2, 0.25) is 5.02 Å². The van der Waals surface area contributed by atoms with Crippen LogP contribution in [-0.4, -0.2) is 11.4 Å². The standard InChI is InChI=1S/C10H8ClN3O2/c11-8-3-6(12)1-2-9(8)13-10-4-7(5-15)16-14-10/h1-5H,12H2,(H,13,14). The first-order valence-electron chi connectivity index (χ1n) is 4.43. The number of nitrogen functional groups attached to an aromatic ring is 1. The Labute approximate surface area is 96.2 Å². The molecular weight excluding hydrogens is 230 g/mol. The molecule has 2 aromatic rings. The number of hydrogen-bond donors (Lipinski definition) is 2. The second-order valence-electron chi connectivity index (χ2n) is 3.10. The van der Waals surface area contributed by atoms with Crippen LogP contribution >= 0.6 is 11.6 Å². The third-order valence-electron chi connectivity index (χ3n) is 1.90. The van der Waals surface area contributed by atoms with Crippen LogP contribution in [0.15, 0.2) is 28.8 Å². The summed E-state index contributed by atoms with van der Waals surface area (Å²) in [7, 11) is 0. The van der Waals surface area contributed by atoms with Crippen LogP contribution in [0.3, 0.4) is 0 Å². The van der Waals surface area contributed by atoms with E-state index in [0.717, 1.165) is 0 Å². The molecule has 0 atom stereocenters. The van der Waals surface area contributed by atoms with E-state index in [1.807, 2.05) is 0 Å². The lowest BCUT2D eigenvalue weighted by molar-refractivity contribution is 0.109. The summed E-state index contributed by atoms with van der Waals surface area (Å²) in [5, 5.41) is 7.01. The molecule has 0 amide bonds. The molecule has 0 bridgehead atoms. The quantitative estimate of drug-likeness (QED) is 0.633. The molecule has 0 unspecified atom stereocenters. The van der Waals surface area contributed by atoms with Gasteiger partial charge < -0.3 is 15.6 Å². The molecule has 2 rings (SSSR count). The number of aldehydes is 1. The van der Waals surface area contributed by atoms with Crippen molar-refractivity contribution in [2.75, 3.05) is 11.1 Å². The highest BCUT2D eigenvalue weighted by molar-refractivity contribution is 6.33. The summed E-state index contributed by atoms with van der Waals surface area (Å²) in [4.78, 5) is 10.4. The van der Waals surface area contributed by atoms with Gasteiger partial charge in [-0.25, -0.2) is 0 Å². The molecule has 0 aliphatic rings. The third kappa shape index (κ3) is 2.14. The van der Waals surface area contributed by atoms with Crippen LogP contribution in [0, 0.1) is 0 Å². The van der Waals surface area contributed by atoms with Crippen molar-refractivity contribution in [3.8, 4) is 0 Å². The molecule has 0 aliphatic heterocycles. The lowest BCUT2D eigenvalue weighted by Crippen LogP contribution is -1.92. The average Bonchev–Trinajstić information content (AvgIpc) is 2.70. The van der Waals surface area contributed by atoms with Crippen molar-refractivity contribution in [1.29, 1.82) is 0 Å². The van der Waals surface area contributed by atoms with Crippen LogP contribution in [0.1, 0.15) is 10.6 Å². The maximum absolute atomic E-state index is 10.4. The zero-order valence-electron chi connectivity index (χ0n) is 8.11. The molecule has 0 radical (unpaired) electrons. The van der Waals surface area contributed by atoms with Gasteiger partial charge in [0.05, 0.1) is 10.7 Å². The summed E-state index contributed by atoms with van der Waals surface area (Å²) < 4.78 is 4.70. The number of halogens is 1. The van der Waals surface area contributed by atoms with Crippen LogP contribution in [-0.2, 0) is 0 Å². The van der Waals surface area contributed by atoms with Gasteiger partial charge in [0.1, 0.15) is 0 Å². The summed E-state index contributed by atoms with van der Waals surface area (Å²) in [6.45, 7) is 0. The molecule has 16 heavy (non-hydrogen) atoms. The van der Waals surface area contributed by atoms with Gasteiger partial charge in [-0.1, -0.05) is 16.8 Å². The minimum absolute atomic E-state index is 0.147. The fraction of sp³-hybridized carbons (Fsp3) is 0. The number of benzene rings is 1. The lowest BCUT2D eigenvalue weighted by Gasteiger charge is -2.04. The number of rotatable bonds is 3. The van der Waals surface area contributed by atoms with Gasteiger partial charge in [0.15, 0.2) is 12.1 Å². The van der Waals surface area contributed by atoms with E-state index in [0.29, 0.717) is 28.5 Å². The number of nitrogens with two attached hydrogens (primary N) is 1. The molecule has 6 heteroatoms. The van der Waals surface area contributed by atoms with E-state index in [-0.39, 0.29) is 5.76 Å². The molecule has 1 heterocycles. The number of nitrogens with zero attached hydrogens (tertiary/aromatic N) is 1. The summed E-state index contributed by atoms with van der Waals surface area (Å²) in [6.07, 6.45) is 0.572. The average molecular weight is 238 g/mol. The number of nitrogens with one attached hydrogen (secondary N) is 1. The molecule has 0 spiro atoms. The Morgan fingerprint density at radius 2 is 2.25 bits per heavy atom. The van der Waals surface area contributed by atoms with Crippen molar-refractivity contribution in [1.82, 2.24) is 5.16 Å². The van der Waals surface area contributed by atoms with E-state index in [1.165, 1.54) is 6.07 Å². The molecule has 0 saturated heterocycles. The second-order valence-corrected chi connectivity index (χ2v) is 3.50. The fourth-order valence-electron chi connectivity index (χ4n) is 1.17. The Balaban J connectivity index is 2.23. The second kappa shape index (κ2) is 4.24. The van der Waals surface area contributed by atoms with Crippen molar-refractivity contribution in [3.63, 3.8) is 0 Å². The van der Waals surface area contributed by atoms with Crippen LogP contribution in [0.4, 0.5) is 17.2 Å². The summed E-state index contributed by atoms with van der Waals surface area (Å²) in [5.74, 6) is 0.558. The van der Waals surface area contributed by atoms with Gasteiger partial charge in [-0.2, -0.15) is 0 Å². The van der Waals surface area contributed by atoms with Gasteiger partial charge >= 0.3 is 0 Å². The molecule has 5 nitrogen and oxygen atoms in total. The molecule has 3 N–H and O–H groups in total. The van der Waals surface area contributed by atoms with Gasteiger partial charge in [-0.15, -0.1) is 0 Å². The first-order valence-corrected chi connectivity index (χ1v) is 4.81. The molecule has 0 saturated carbocycles. The van der Waals surface area contributed by atoms with Crippen molar-refractivity contribution in [2.24, 2.45) is 0 Å². The van der Waals surface area contributed by atoms with Crippen LogP contribution in [0.5, 0.6) is 0 Å². The normalized spacial score (nSPS) is 10.1. The predicted octanol–water partition coefficient (Wildman–Crippen LogP) is 2.47. The van der Waals surface area contributed by atoms with Gasteiger partial charge in [-0.3, -0.25) is 4.79 Å². The minimum atomic E-state index is 0.147. The SMILES string of the molecule is Nc1ccc(Nc2cc(C=O)on2)c(Cl)c1. The number of hydrogen-bond acceptors (Lipinski definition) is 5. The van der Waals surface area contributed by atoms with Gasteiger partial charge in [0, 0.05) is 11.8 Å². The Morgan fingerprint density at radius 3 is 2.88 bits per heavy atom. The highest BCUT2D eigenvalue weighted by Crippen LogP contribution is 2.26. The Bertz CT molecular complexity index is 525. The zero-order chi connectivity index (χ0) is 11.5. The molecule has 1 aromatic heterocycles. The summed E-state index contributed by atoms with van der Waals surface area (Å²) in [6, 6.07) is 6.51. The van der Waals surface area contributed by atoms with Crippen molar-refractivity contribution in [2.45, 2.75) is 0 Å². The molecular formula is C10H8ClN3O2. The van der Waals surface area contributed by atoms with Gasteiger partial charge in [-0.05, 0) is 18.2 Å². The first kappa shape index (κ1) is 10.5. The van der Waals surface area contributed by atoms with Crippen LogP contribution < -0.4 is 11.1 Å². The Morgan fingerprint density at radius 1 is 1.44 bits per heavy atom. The molecule has 0 fully saturated rings. The molecule has 82 valence electrons. The largest absolute Gasteiger partial charge is 0.399 e. The smallest absolute Gasteiger partial charge is 0.201 e. The zero-order valence-corrected chi connectivity index (χ0v) is 8.86. The van der Waals surface area contributed by atoms with Gasteiger partial charge in [0.2, 0.25) is 5.76 Å². The fourth-order valence-corrected chi connectivity index (χ4v) is 1.41. The van der Waals surface area contributed by atoms with Gasteiger partial charge in [0.25, 0.3) is 0 Å². The third-order valence-corrected chi connectivity index (χ3v) is 2.21. The number of carbonyl (C=O) groups excluding carboxylic acids is 1. The monoisotopic (exact) mass is 237 g/mol. The summed E-state index contributed by atoms with van der Waals surface area (Å²) in [5.41, 5.74) is 6.77. The Hall–Kier alpha value is -2.01. The molecule has 1 aromatic carbocycles. The van der Waals surface area contributed by atoms with Crippen molar-refractivity contribution >= 4 is 35.1 Å². The highest BCUT2D eigenvalue weighted by Gasteiger charge is 2.05. The number of carbonyl (C=O) groups is 1. The van der Waals surface area contributed by atoms with E-state index < -0.39 is 0 Å². The minimum Gasteiger partial charge on any atom is -0.399 e. The maximum atomic E-state index is 10.4. The van der Waals surface area contributed by atoms with E-state index in [9.17, 15) is 4.79 Å². The van der Waals surface area contributed by atoms with E-state index in [1.54, 1.807) is 18.2 Å². The Kier molecular flexibility index (Phi) is 2.78. The van der Waals surface area contributed by atoms with Crippen molar-refractivity contribution in [3.05, 3.63) is 35.0 Å². The lowest BCUT2D eigenvalue weighted by atomic mass is 10.3. The maximum Gasteiger partial charge on any atom is 0.201 e. The van der Waals surface area contributed by atoms with Crippen molar-refractivity contribution < 1.29 is 9.32 Å². The summed E-state index contributed by atoms with van der Waals surface area (Å²) >= 11 is 5.95. The first-order chi connectivity index (χ1) is 7.69. The highest BCUT2D eigenvalue weighted by atomic mass is 35.5. The van der Waals surface area contributed by atoms with Crippen LogP contribution in [0.25, 0.3) is 0 Å². The number of aromatic nitrogens is 1. The predicted molar refractivity (Wildman–Crippen MR) is 61.0 cm³/mol. The number of anilines is 3. The van der Waals surface area contributed by atoms with E-state index in [4.69, 9.17) is 21.9 Å². The molecule has 0 aliphatic carbocycles. The van der Waals surface area contributed by atoms with E-state index >= 15 is 0 Å². The topological polar surface area (TPSA) is 81.1 Å². The van der Waals surface area contributed by atoms with E-state index in [2.05, 4.69) is 10.5 Å².